The van der Waals surface area contributed by atoms with Gasteiger partial charge in [0.15, 0.2) is 12.4 Å². The summed E-state index contributed by atoms with van der Waals surface area (Å²) < 4.78 is 15.1. The van der Waals surface area contributed by atoms with Crippen LogP contribution in [0.2, 0.25) is 0 Å². The zero-order valence-electron chi connectivity index (χ0n) is 7.66. The molecule has 1 aliphatic rings. The first-order valence-electron chi connectivity index (χ1n) is 4.14. The van der Waals surface area contributed by atoms with Crippen molar-refractivity contribution < 1.29 is 19.0 Å². The van der Waals surface area contributed by atoms with Gasteiger partial charge in [-0.25, -0.2) is 4.79 Å². The van der Waals surface area contributed by atoms with E-state index in [0.717, 1.165) is 6.42 Å². The number of ether oxygens (including phenoxy) is 3. The molecule has 0 aromatic heterocycles. The van der Waals surface area contributed by atoms with Crippen molar-refractivity contribution >= 4 is 21.9 Å². The third-order valence-corrected chi connectivity index (χ3v) is 2.73. The molecule has 0 N–H and O–H groups in total. The minimum atomic E-state index is -0.576. The van der Waals surface area contributed by atoms with Crippen molar-refractivity contribution in [2.75, 3.05) is 13.7 Å². The van der Waals surface area contributed by atoms with E-state index in [1.807, 2.05) is 0 Å². The fourth-order valence-corrected chi connectivity index (χ4v) is 1.55. The third kappa shape index (κ3) is 2.93. The maximum atomic E-state index is 11.0. The maximum absolute atomic E-state index is 11.0. The zero-order valence-corrected chi connectivity index (χ0v) is 9.24. The van der Waals surface area contributed by atoms with Crippen molar-refractivity contribution in [2.45, 2.75) is 30.6 Å². The van der Waals surface area contributed by atoms with E-state index in [4.69, 9.17) is 9.47 Å². The highest BCUT2D eigenvalue weighted by molar-refractivity contribution is 9.09. The third-order valence-electron chi connectivity index (χ3n) is 1.84. The van der Waals surface area contributed by atoms with E-state index in [1.54, 1.807) is 6.92 Å². The van der Waals surface area contributed by atoms with Crippen molar-refractivity contribution in [3.8, 4) is 0 Å². The summed E-state index contributed by atoms with van der Waals surface area (Å²) in [5, 5.41) is 0. The van der Waals surface area contributed by atoms with Gasteiger partial charge in [0.2, 0.25) is 0 Å². The number of rotatable bonds is 3. The van der Waals surface area contributed by atoms with Gasteiger partial charge in [0.25, 0.3) is 0 Å². The fraction of sp³-hybridized carbons (Fsp3) is 0.875. The molecule has 1 heterocycles. The number of hydrogen-bond donors (Lipinski definition) is 0. The summed E-state index contributed by atoms with van der Waals surface area (Å²) >= 11 is 3.40. The molecule has 1 aliphatic heterocycles. The Kier molecular flexibility index (Phi) is 4.15. The van der Waals surface area contributed by atoms with E-state index >= 15 is 0 Å². The van der Waals surface area contributed by atoms with Gasteiger partial charge in [-0.05, 0) is 13.3 Å². The Morgan fingerprint density at radius 1 is 1.69 bits per heavy atom. The van der Waals surface area contributed by atoms with Gasteiger partial charge in [-0.15, -0.1) is 0 Å². The summed E-state index contributed by atoms with van der Waals surface area (Å²) in [6.45, 7) is 2.31. The second-order valence-corrected chi connectivity index (χ2v) is 4.02. The standard InChI is InChI=1S/C8H13BrO4/c1-5(7(10)11-2)13-8-6(9)3-4-12-8/h5-6,8H,3-4H2,1-2H3/t5-,6+,8-/m0/s1. The molecular weight excluding hydrogens is 240 g/mol. The van der Waals surface area contributed by atoms with Gasteiger partial charge in [-0.2, -0.15) is 0 Å². The van der Waals surface area contributed by atoms with Gasteiger partial charge in [0, 0.05) is 0 Å². The van der Waals surface area contributed by atoms with Gasteiger partial charge < -0.3 is 14.2 Å². The summed E-state index contributed by atoms with van der Waals surface area (Å²) in [7, 11) is 1.34. The van der Waals surface area contributed by atoms with E-state index in [2.05, 4.69) is 20.7 Å². The first-order chi connectivity index (χ1) is 6.15. The van der Waals surface area contributed by atoms with Crippen LogP contribution in [0.1, 0.15) is 13.3 Å². The zero-order chi connectivity index (χ0) is 9.84. The van der Waals surface area contributed by atoms with Gasteiger partial charge in [-0.1, -0.05) is 15.9 Å². The van der Waals surface area contributed by atoms with E-state index < -0.39 is 6.10 Å². The van der Waals surface area contributed by atoms with E-state index in [9.17, 15) is 4.79 Å². The molecule has 5 heteroatoms. The molecular formula is C8H13BrO4. The van der Waals surface area contributed by atoms with Crippen molar-refractivity contribution in [3.05, 3.63) is 0 Å². The summed E-state index contributed by atoms with van der Waals surface area (Å²) in [5.41, 5.74) is 0. The molecule has 3 atom stereocenters. The maximum Gasteiger partial charge on any atom is 0.334 e. The molecule has 0 spiro atoms. The van der Waals surface area contributed by atoms with E-state index in [0.29, 0.717) is 6.61 Å². The van der Waals surface area contributed by atoms with Crippen LogP contribution in [-0.4, -0.2) is 36.9 Å². The second-order valence-electron chi connectivity index (χ2n) is 2.85. The Morgan fingerprint density at radius 2 is 2.38 bits per heavy atom. The average Bonchev–Trinajstić information content (AvgIpc) is 2.50. The normalized spacial score (nSPS) is 30.1. The van der Waals surface area contributed by atoms with Crippen LogP contribution < -0.4 is 0 Å². The Balaban J connectivity index is 2.34. The van der Waals surface area contributed by atoms with Crippen molar-refractivity contribution in [1.29, 1.82) is 0 Å². The number of carbonyl (C=O) groups is 1. The Hall–Kier alpha value is -0.130. The molecule has 4 nitrogen and oxygen atoms in total. The summed E-state index contributed by atoms with van der Waals surface area (Å²) in [6, 6.07) is 0. The minimum Gasteiger partial charge on any atom is -0.467 e. The van der Waals surface area contributed by atoms with Crippen LogP contribution in [0.5, 0.6) is 0 Å². The highest BCUT2D eigenvalue weighted by Crippen LogP contribution is 2.23. The Morgan fingerprint density at radius 3 is 2.85 bits per heavy atom. The van der Waals surface area contributed by atoms with Gasteiger partial charge in [0.1, 0.15) is 0 Å². The SMILES string of the molecule is COC(=O)[C@H](C)O[C@@H]1OCC[C@H]1Br. The van der Waals surface area contributed by atoms with Crippen molar-refractivity contribution in [2.24, 2.45) is 0 Å². The van der Waals surface area contributed by atoms with Gasteiger partial charge >= 0.3 is 5.97 Å². The van der Waals surface area contributed by atoms with Crippen LogP contribution in [-0.2, 0) is 19.0 Å². The molecule has 0 aliphatic carbocycles. The van der Waals surface area contributed by atoms with E-state index in [-0.39, 0.29) is 17.1 Å². The van der Waals surface area contributed by atoms with Crippen molar-refractivity contribution in [1.82, 2.24) is 0 Å². The highest BCUT2D eigenvalue weighted by Gasteiger charge is 2.30. The average molecular weight is 253 g/mol. The second kappa shape index (κ2) is 4.93. The molecule has 0 saturated carbocycles. The van der Waals surface area contributed by atoms with Crippen LogP contribution in [0.25, 0.3) is 0 Å². The Labute approximate surface area is 85.7 Å². The molecule has 76 valence electrons. The molecule has 0 unspecified atom stereocenters. The monoisotopic (exact) mass is 252 g/mol. The number of halogens is 1. The highest BCUT2D eigenvalue weighted by atomic mass is 79.9. The van der Waals surface area contributed by atoms with Crippen LogP contribution in [0.4, 0.5) is 0 Å². The first kappa shape index (κ1) is 10.9. The number of esters is 1. The molecule has 0 radical (unpaired) electrons. The predicted octanol–water partition coefficient (Wildman–Crippen LogP) is 1.07. The molecule has 13 heavy (non-hydrogen) atoms. The van der Waals surface area contributed by atoms with Gasteiger partial charge in [0.05, 0.1) is 18.5 Å². The molecule has 0 amide bonds. The van der Waals surface area contributed by atoms with Gasteiger partial charge in [-0.3, -0.25) is 0 Å². The lowest BCUT2D eigenvalue weighted by Crippen LogP contribution is -2.31. The number of methoxy groups -OCH3 is 1. The largest absolute Gasteiger partial charge is 0.467 e. The first-order valence-corrected chi connectivity index (χ1v) is 5.05. The molecule has 0 bridgehead atoms. The number of alkyl halides is 1. The van der Waals surface area contributed by atoms with Crippen LogP contribution in [0.15, 0.2) is 0 Å². The molecule has 1 fully saturated rings. The van der Waals surface area contributed by atoms with E-state index in [1.165, 1.54) is 7.11 Å². The quantitative estimate of drug-likeness (QED) is 0.557. The molecule has 0 aromatic rings. The molecule has 1 saturated heterocycles. The van der Waals surface area contributed by atoms with Crippen LogP contribution in [0, 0.1) is 0 Å². The van der Waals surface area contributed by atoms with Crippen LogP contribution >= 0.6 is 15.9 Å². The Bertz CT molecular complexity index is 185. The topological polar surface area (TPSA) is 44.8 Å². The minimum absolute atomic E-state index is 0.166. The van der Waals surface area contributed by atoms with Crippen LogP contribution in [0.3, 0.4) is 0 Å². The fourth-order valence-electron chi connectivity index (χ4n) is 1.08. The predicted molar refractivity (Wildman–Crippen MR) is 49.6 cm³/mol. The lowest BCUT2D eigenvalue weighted by atomic mass is 10.3. The molecule has 0 aromatic carbocycles. The molecule has 1 rings (SSSR count). The smallest absolute Gasteiger partial charge is 0.334 e. The summed E-state index contributed by atoms with van der Waals surface area (Å²) in [4.78, 5) is 11.2. The summed E-state index contributed by atoms with van der Waals surface area (Å²) in [6.07, 6.45) is -0.0132. The number of hydrogen-bond acceptors (Lipinski definition) is 4. The lowest BCUT2D eigenvalue weighted by Gasteiger charge is -2.18. The number of carbonyl (C=O) groups excluding carboxylic acids is 1. The van der Waals surface area contributed by atoms with Crippen molar-refractivity contribution in [3.63, 3.8) is 0 Å². The summed E-state index contributed by atoms with van der Waals surface area (Å²) in [5.74, 6) is -0.379. The lowest BCUT2D eigenvalue weighted by molar-refractivity contribution is -0.176.